The molecule has 1 saturated carbocycles. The van der Waals surface area contributed by atoms with Crippen LogP contribution in [0.2, 0.25) is 0 Å². The minimum Gasteiger partial charge on any atom is -0.388 e. The minimum absolute atomic E-state index is 0.327. The van der Waals surface area contributed by atoms with Gasteiger partial charge in [0.1, 0.15) is 0 Å². The maximum absolute atomic E-state index is 10.6. The van der Waals surface area contributed by atoms with Crippen LogP contribution in [-0.2, 0) is 7.05 Å². The molecule has 2 rings (SSSR count). The minimum atomic E-state index is -0.327. The highest BCUT2D eigenvalue weighted by molar-refractivity contribution is 5.27. The summed E-state index contributed by atoms with van der Waals surface area (Å²) in [6.07, 6.45) is 4.54. The molecule has 0 aromatic carbocycles. The van der Waals surface area contributed by atoms with Gasteiger partial charge in [-0.15, -0.1) is 0 Å². The molecule has 0 amide bonds. The zero-order valence-corrected chi connectivity index (χ0v) is 11.4. The molecule has 0 saturated heterocycles. The first-order chi connectivity index (χ1) is 8.00. The van der Waals surface area contributed by atoms with Crippen molar-refractivity contribution in [3.05, 3.63) is 17.0 Å². The molecular formula is C14H24N2O. The molecule has 1 fully saturated rings. The average Bonchev–Trinajstić information content (AvgIpc) is 2.52. The standard InChI is InChI=1S/C14H24N2O/c1-9-6-5-7-12(8-9)14(17)13-10(2)15-16(4)11(13)3/h9,12,14,17H,5-8H2,1-4H3. The van der Waals surface area contributed by atoms with E-state index < -0.39 is 0 Å². The highest BCUT2D eigenvalue weighted by Gasteiger charge is 2.29. The summed E-state index contributed by atoms with van der Waals surface area (Å²) < 4.78 is 1.88. The summed E-state index contributed by atoms with van der Waals surface area (Å²) in [6.45, 7) is 6.34. The number of hydrogen-bond donors (Lipinski definition) is 1. The van der Waals surface area contributed by atoms with Gasteiger partial charge in [-0.3, -0.25) is 4.68 Å². The second-order valence-corrected chi connectivity index (χ2v) is 5.68. The Morgan fingerprint density at radius 3 is 2.59 bits per heavy atom. The third-order valence-electron chi connectivity index (χ3n) is 4.28. The van der Waals surface area contributed by atoms with Crippen molar-refractivity contribution >= 4 is 0 Å². The Bertz CT molecular complexity index is 397. The van der Waals surface area contributed by atoms with Crippen molar-refractivity contribution in [2.75, 3.05) is 0 Å². The Labute approximate surface area is 104 Å². The largest absolute Gasteiger partial charge is 0.388 e. The first-order valence-corrected chi connectivity index (χ1v) is 6.68. The van der Waals surface area contributed by atoms with Gasteiger partial charge in [0.25, 0.3) is 0 Å². The molecule has 0 bridgehead atoms. The Kier molecular flexibility index (Phi) is 3.57. The van der Waals surface area contributed by atoms with E-state index in [1.54, 1.807) is 0 Å². The first kappa shape index (κ1) is 12.6. The molecule has 1 aliphatic carbocycles. The predicted octanol–water partition coefficient (Wildman–Crippen LogP) is 2.90. The van der Waals surface area contributed by atoms with Crippen LogP contribution in [0.25, 0.3) is 0 Å². The molecule has 1 aromatic heterocycles. The highest BCUT2D eigenvalue weighted by atomic mass is 16.3. The van der Waals surface area contributed by atoms with E-state index in [2.05, 4.69) is 12.0 Å². The summed E-state index contributed by atoms with van der Waals surface area (Å²) in [5, 5.41) is 15.0. The zero-order chi connectivity index (χ0) is 12.6. The predicted molar refractivity (Wildman–Crippen MR) is 68.8 cm³/mol. The lowest BCUT2D eigenvalue weighted by molar-refractivity contribution is 0.0703. The van der Waals surface area contributed by atoms with Gasteiger partial charge in [0.2, 0.25) is 0 Å². The van der Waals surface area contributed by atoms with E-state index in [-0.39, 0.29) is 6.10 Å². The number of aliphatic hydroxyl groups is 1. The van der Waals surface area contributed by atoms with E-state index in [9.17, 15) is 5.11 Å². The van der Waals surface area contributed by atoms with E-state index in [4.69, 9.17) is 0 Å². The lowest BCUT2D eigenvalue weighted by Gasteiger charge is -2.30. The van der Waals surface area contributed by atoms with Gasteiger partial charge in [0.15, 0.2) is 0 Å². The summed E-state index contributed by atoms with van der Waals surface area (Å²) in [4.78, 5) is 0. The fourth-order valence-corrected chi connectivity index (χ4v) is 3.22. The summed E-state index contributed by atoms with van der Waals surface area (Å²) >= 11 is 0. The third kappa shape index (κ3) is 2.39. The quantitative estimate of drug-likeness (QED) is 0.857. The number of aryl methyl sites for hydroxylation is 2. The van der Waals surface area contributed by atoms with Gasteiger partial charge in [0, 0.05) is 18.3 Å². The molecule has 0 spiro atoms. The second kappa shape index (κ2) is 4.81. The average molecular weight is 236 g/mol. The molecule has 1 heterocycles. The van der Waals surface area contributed by atoms with Gasteiger partial charge in [-0.2, -0.15) is 5.10 Å². The Hall–Kier alpha value is -0.830. The second-order valence-electron chi connectivity index (χ2n) is 5.68. The SMILES string of the molecule is Cc1nn(C)c(C)c1C(O)C1CCCC(C)C1. The van der Waals surface area contributed by atoms with Gasteiger partial charge in [0.05, 0.1) is 11.8 Å². The third-order valence-corrected chi connectivity index (χ3v) is 4.28. The van der Waals surface area contributed by atoms with Gasteiger partial charge < -0.3 is 5.11 Å². The fourth-order valence-electron chi connectivity index (χ4n) is 3.22. The van der Waals surface area contributed by atoms with Crippen LogP contribution in [0.5, 0.6) is 0 Å². The van der Waals surface area contributed by atoms with Crippen LogP contribution < -0.4 is 0 Å². The maximum atomic E-state index is 10.6. The lowest BCUT2D eigenvalue weighted by Crippen LogP contribution is -2.21. The molecular weight excluding hydrogens is 212 g/mol. The van der Waals surface area contributed by atoms with Crippen LogP contribution in [-0.4, -0.2) is 14.9 Å². The zero-order valence-electron chi connectivity index (χ0n) is 11.4. The van der Waals surface area contributed by atoms with E-state index in [0.717, 1.165) is 35.7 Å². The molecule has 1 aromatic rings. The van der Waals surface area contributed by atoms with Crippen LogP contribution in [0.3, 0.4) is 0 Å². The van der Waals surface area contributed by atoms with Crippen LogP contribution in [0.1, 0.15) is 55.7 Å². The van der Waals surface area contributed by atoms with Crippen molar-refractivity contribution in [3.8, 4) is 0 Å². The fraction of sp³-hybridized carbons (Fsp3) is 0.786. The van der Waals surface area contributed by atoms with E-state index in [1.807, 2.05) is 25.6 Å². The molecule has 0 aliphatic heterocycles. The van der Waals surface area contributed by atoms with Crippen molar-refractivity contribution in [2.45, 2.75) is 52.6 Å². The molecule has 0 radical (unpaired) electrons. The Morgan fingerprint density at radius 2 is 2.06 bits per heavy atom. The monoisotopic (exact) mass is 236 g/mol. The summed E-state index contributed by atoms with van der Waals surface area (Å²) in [5.41, 5.74) is 3.15. The molecule has 1 N–H and O–H groups in total. The summed E-state index contributed by atoms with van der Waals surface area (Å²) in [7, 11) is 1.95. The molecule has 3 heteroatoms. The molecule has 3 unspecified atom stereocenters. The van der Waals surface area contributed by atoms with Crippen molar-refractivity contribution in [2.24, 2.45) is 18.9 Å². The van der Waals surface area contributed by atoms with Crippen LogP contribution in [0, 0.1) is 25.7 Å². The molecule has 3 atom stereocenters. The van der Waals surface area contributed by atoms with E-state index in [0.29, 0.717) is 5.92 Å². The number of nitrogens with zero attached hydrogens (tertiary/aromatic N) is 2. The maximum Gasteiger partial charge on any atom is 0.0854 e. The normalized spacial score (nSPS) is 27.1. The van der Waals surface area contributed by atoms with Gasteiger partial charge in [-0.05, 0) is 38.5 Å². The smallest absolute Gasteiger partial charge is 0.0854 e. The number of aliphatic hydroxyl groups excluding tert-OH is 1. The van der Waals surface area contributed by atoms with Gasteiger partial charge >= 0.3 is 0 Å². The number of aromatic nitrogens is 2. The topological polar surface area (TPSA) is 38.0 Å². The van der Waals surface area contributed by atoms with E-state index >= 15 is 0 Å². The van der Waals surface area contributed by atoms with Crippen LogP contribution in [0.4, 0.5) is 0 Å². The summed E-state index contributed by atoms with van der Waals surface area (Å²) in [5.74, 6) is 1.17. The van der Waals surface area contributed by atoms with Crippen molar-refractivity contribution < 1.29 is 5.11 Å². The molecule has 1 aliphatic rings. The number of rotatable bonds is 2. The Balaban J connectivity index is 2.21. The summed E-state index contributed by atoms with van der Waals surface area (Å²) in [6, 6.07) is 0. The van der Waals surface area contributed by atoms with Crippen molar-refractivity contribution in [3.63, 3.8) is 0 Å². The molecule has 96 valence electrons. The highest BCUT2D eigenvalue weighted by Crippen LogP contribution is 2.38. The van der Waals surface area contributed by atoms with Crippen molar-refractivity contribution in [1.82, 2.24) is 9.78 Å². The van der Waals surface area contributed by atoms with Crippen LogP contribution in [0.15, 0.2) is 0 Å². The Morgan fingerprint density at radius 1 is 1.35 bits per heavy atom. The number of hydrogen-bond acceptors (Lipinski definition) is 2. The van der Waals surface area contributed by atoms with E-state index in [1.165, 1.54) is 12.8 Å². The van der Waals surface area contributed by atoms with Gasteiger partial charge in [-0.25, -0.2) is 0 Å². The molecule has 3 nitrogen and oxygen atoms in total. The lowest BCUT2D eigenvalue weighted by atomic mass is 9.77. The van der Waals surface area contributed by atoms with Gasteiger partial charge in [-0.1, -0.05) is 19.8 Å². The van der Waals surface area contributed by atoms with Crippen molar-refractivity contribution in [1.29, 1.82) is 0 Å². The van der Waals surface area contributed by atoms with Crippen LogP contribution >= 0.6 is 0 Å². The molecule has 17 heavy (non-hydrogen) atoms. The first-order valence-electron chi connectivity index (χ1n) is 6.68.